The summed E-state index contributed by atoms with van der Waals surface area (Å²) in [5.74, 6) is 0.978. The number of hydrogen-bond donors (Lipinski definition) is 1. The Kier molecular flexibility index (Phi) is 4.29. The van der Waals surface area contributed by atoms with E-state index in [-0.39, 0.29) is 11.7 Å². The predicted octanol–water partition coefficient (Wildman–Crippen LogP) is 4.04. The quantitative estimate of drug-likeness (QED) is 0.891. The minimum atomic E-state index is -0.253. The summed E-state index contributed by atoms with van der Waals surface area (Å²) in [5, 5.41) is 1.45. The number of nitrogens with zero attached hydrogens (tertiary/aromatic N) is 1. The van der Waals surface area contributed by atoms with Gasteiger partial charge in [-0.3, -0.25) is 4.79 Å². The van der Waals surface area contributed by atoms with Crippen LogP contribution in [0.1, 0.15) is 36.9 Å². The van der Waals surface area contributed by atoms with Gasteiger partial charge in [0.15, 0.2) is 0 Å². The van der Waals surface area contributed by atoms with E-state index in [1.807, 2.05) is 18.7 Å². The number of nitrogens with one attached hydrogen (secondary N) is 1. The lowest BCUT2D eigenvalue weighted by atomic mass is 9.92. The summed E-state index contributed by atoms with van der Waals surface area (Å²) in [6, 6.07) is 5.14. The Labute approximate surface area is 146 Å². The van der Waals surface area contributed by atoms with Gasteiger partial charge in [-0.1, -0.05) is 12.8 Å². The molecule has 0 spiro atoms. The van der Waals surface area contributed by atoms with E-state index in [4.69, 9.17) is 0 Å². The van der Waals surface area contributed by atoms with Gasteiger partial charge in [0.1, 0.15) is 5.82 Å². The molecule has 2 aliphatic rings. The molecule has 1 aliphatic carbocycles. The Morgan fingerprint density at radius 3 is 3.08 bits per heavy atom. The molecular weight excluding hydrogens is 323 g/mol. The van der Waals surface area contributed by atoms with Gasteiger partial charge in [-0.2, -0.15) is 11.8 Å². The van der Waals surface area contributed by atoms with Crippen molar-refractivity contribution < 1.29 is 9.18 Å². The van der Waals surface area contributed by atoms with E-state index in [1.165, 1.54) is 31.4 Å². The Balaban J connectivity index is 1.59. The maximum Gasteiger partial charge on any atom is 0.227 e. The Morgan fingerprint density at radius 2 is 2.21 bits per heavy atom. The Morgan fingerprint density at radius 1 is 1.38 bits per heavy atom. The lowest BCUT2D eigenvalue weighted by Crippen LogP contribution is -2.52. The maximum atomic E-state index is 13.6. The van der Waals surface area contributed by atoms with Gasteiger partial charge >= 0.3 is 0 Å². The topological polar surface area (TPSA) is 36.1 Å². The first kappa shape index (κ1) is 16.0. The van der Waals surface area contributed by atoms with E-state index < -0.39 is 0 Å². The van der Waals surface area contributed by atoms with Crippen LogP contribution in [0.4, 0.5) is 4.39 Å². The minimum absolute atomic E-state index is 0.195. The molecule has 0 bridgehead atoms. The highest BCUT2D eigenvalue weighted by atomic mass is 32.2. The fraction of sp³-hybridized carbons (Fsp3) is 0.526. The van der Waals surface area contributed by atoms with Gasteiger partial charge in [-0.15, -0.1) is 0 Å². The molecular formula is C19H23FN2OS. The standard InChI is InChI=1S/C19H23FN2OS/c1-12-14(15-10-13(20)6-7-16(15)21-12)11-19(23)22-8-9-24-18-5-3-2-4-17(18)22/h6-7,10,17-18,21H,2-5,8-9,11H2,1H3/t17-,18-/m0/s1. The van der Waals surface area contributed by atoms with Gasteiger partial charge in [0.25, 0.3) is 0 Å². The molecule has 1 saturated heterocycles. The number of H-pyrrole nitrogens is 1. The van der Waals surface area contributed by atoms with Crippen molar-refractivity contribution in [3.05, 3.63) is 35.3 Å². The normalized spacial score (nSPS) is 24.2. The highest BCUT2D eigenvalue weighted by Gasteiger charge is 2.36. The number of amides is 1. The first-order valence-corrected chi connectivity index (χ1v) is 9.86. The van der Waals surface area contributed by atoms with E-state index >= 15 is 0 Å². The maximum absolute atomic E-state index is 13.6. The molecule has 4 rings (SSSR count). The predicted molar refractivity (Wildman–Crippen MR) is 96.9 cm³/mol. The van der Waals surface area contributed by atoms with E-state index in [0.29, 0.717) is 17.7 Å². The molecule has 128 valence electrons. The zero-order valence-corrected chi connectivity index (χ0v) is 14.8. The zero-order chi connectivity index (χ0) is 16.7. The third-order valence-corrected chi connectivity index (χ3v) is 6.86. The summed E-state index contributed by atoms with van der Waals surface area (Å²) >= 11 is 2.03. The number of rotatable bonds is 2. The number of halogens is 1. The van der Waals surface area contributed by atoms with Crippen molar-refractivity contribution in [3.8, 4) is 0 Å². The number of aromatic amines is 1. The monoisotopic (exact) mass is 346 g/mol. The van der Waals surface area contributed by atoms with Crippen molar-refractivity contribution in [2.45, 2.75) is 50.3 Å². The van der Waals surface area contributed by atoms with Crippen LogP contribution in [0.15, 0.2) is 18.2 Å². The van der Waals surface area contributed by atoms with Crippen LogP contribution in [0.5, 0.6) is 0 Å². The van der Waals surface area contributed by atoms with Crippen LogP contribution in [0.3, 0.4) is 0 Å². The number of aryl methyl sites for hydroxylation is 1. The number of benzene rings is 1. The van der Waals surface area contributed by atoms with Crippen LogP contribution in [0.25, 0.3) is 10.9 Å². The van der Waals surface area contributed by atoms with Crippen LogP contribution in [0.2, 0.25) is 0 Å². The van der Waals surface area contributed by atoms with Crippen LogP contribution < -0.4 is 0 Å². The number of hydrogen-bond acceptors (Lipinski definition) is 2. The first-order chi connectivity index (χ1) is 11.6. The number of carbonyl (C=O) groups excluding carboxylic acids is 1. The fourth-order valence-corrected chi connectivity index (χ4v) is 5.68. The van der Waals surface area contributed by atoms with Crippen molar-refractivity contribution in [3.63, 3.8) is 0 Å². The van der Waals surface area contributed by atoms with Gasteiger partial charge in [-0.25, -0.2) is 4.39 Å². The molecule has 2 fully saturated rings. The third-order valence-electron chi connectivity index (χ3n) is 5.46. The van der Waals surface area contributed by atoms with Crippen LogP contribution in [0, 0.1) is 12.7 Å². The highest BCUT2D eigenvalue weighted by molar-refractivity contribution is 8.00. The SMILES string of the molecule is Cc1[nH]c2ccc(F)cc2c1CC(=O)N1CCS[C@H]2CCCC[C@@H]21. The molecule has 0 radical (unpaired) electrons. The van der Waals surface area contributed by atoms with Crippen molar-refractivity contribution in [2.24, 2.45) is 0 Å². The summed E-state index contributed by atoms with van der Waals surface area (Å²) in [7, 11) is 0. The summed E-state index contributed by atoms with van der Waals surface area (Å²) in [6.45, 7) is 2.82. The molecule has 2 aromatic rings. The average molecular weight is 346 g/mol. The second kappa shape index (κ2) is 6.43. The zero-order valence-electron chi connectivity index (χ0n) is 14.0. The van der Waals surface area contributed by atoms with Gasteiger partial charge in [-0.05, 0) is 43.5 Å². The molecule has 2 atom stereocenters. The average Bonchev–Trinajstić information content (AvgIpc) is 2.89. The van der Waals surface area contributed by atoms with Crippen molar-refractivity contribution >= 4 is 28.6 Å². The van der Waals surface area contributed by atoms with Gasteiger partial charge in [0, 0.05) is 40.2 Å². The van der Waals surface area contributed by atoms with Crippen LogP contribution in [-0.2, 0) is 11.2 Å². The molecule has 1 aliphatic heterocycles. The molecule has 1 amide bonds. The van der Waals surface area contributed by atoms with E-state index in [2.05, 4.69) is 9.88 Å². The number of aromatic nitrogens is 1. The van der Waals surface area contributed by atoms with Crippen molar-refractivity contribution in [1.29, 1.82) is 0 Å². The van der Waals surface area contributed by atoms with Crippen LogP contribution in [-0.4, -0.2) is 39.4 Å². The lowest BCUT2D eigenvalue weighted by molar-refractivity contribution is -0.133. The largest absolute Gasteiger partial charge is 0.358 e. The molecule has 1 aromatic carbocycles. The third kappa shape index (κ3) is 2.83. The molecule has 24 heavy (non-hydrogen) atoms. The summed E-state index contributed by atoms with van der Waals surface area (Å²) < 4.78 is 13.6. The molecule has 2 heterocycles. The Bertz CT molecular complexity index is 770. The molecule has 0 unspecified atom stereocenters. The highest BCUT2D eigenvalue weighted by Crippen LogP contribution is 2.36. The summed E-state index contributed by atoms with van der Waals surface area (Å²) in [4.78, 5) is 18.4. The molecule has 1 aromatic heterocycles. The van der Waals surface area contributed by atoms with Gasteiger partial charge in [0.05, 0.1) is 6.42 Å². The fourth-order valence-electron chi connectivity index (χ4n) is 4.24. The van der Waals surface area contributed by atoms with E-state index in [1.54, 1.807) is 6.07 Å². The molecule has 1 N–H and O–H groups in total. The molecule has 1 saturated carbocycles. The van der Waals surface area contributed by atoms with Crippen molar-refractivity contribution in [2.75, 3.05) is 12.3 Å². The second-order valence-corrected chi connectivity index (χ2v) is 8.29. The first-order valence-electron chi connectivity index (χ1n) is 8.81. The minimum Gasteiger partial charge on any atom is -0.358 e. The van der Waals surface area contributed by atoms with Crippen molar-refractivity contribution in [1.82, 2.24) is 9.88 Å². The number of thioether (sulfide) groups is 1. The number of fused-ring (bicyclic) bond motifs is 2. The van der Waals surface area contributed by atoms with Gasteiger partial charge < -0.3 is 9.88 Å². The molecule has 3 nitrogen and oxygen atoms in total. The molecule has 5 heteroatoms. The second-order valence-electron chi connectivity index (χ2n) is 6.94. The van der Waals surface area contributed by atoms with Crippen LogP contribution >= 0.6 is 11.8 Å². The summed E-state index contributed by atoms with van der Waals surface area (Å²) in [5.41, 5.74) is 2.82. The Hall–Kier alpha value is -1.49. The van der Waals surface area contributed by atoms with Gasteiger partial charge in [0.2, 0.25) is 5.91 Å². The smallest absolute Gasteiger partial charge is 0.227 e. The van der Waals surface area contributed by atoms with E-state index in [9.17, 15) is 9.18 Å². The summed E-state index contributed by atoms with van der Waals surface area (Å²) in [6.07, 6.45) is 5.24. The number of carbonyl (C=O) groups is 1. The van der Waals surface area contributed by atoms with E-state index in [0.717, 1.165) is 40.9 Å². The lowest BCUT2D eigenvalue weighted by Gasteiger charge is -2.43.